The van der Waals surface area contributed by atoms with Crippen LogP contribution in [-0.2, 0) is 9.47 Å². The summed E-state index contributed by atoms with van der Waals surface area (Å²) in [6, 6.07) is 17.4. The lowest BCUT2D eigenvalue weighted by atomic mass is 10.3. The number of cyclic esters (lactones) is 2. The molecule has 2 N–H and O–H groups in total. The quantitative estimate of drug-likeness (QED) is 0.728. The molecule has 0 aromatic heterocycles. The van der Waals surface area contributed by atoms with Gasteiger partial charge >= 0.3 is 6.16 Å². The van der Waals surface area contributed by atoms with Gasteiger partial charge in [0.1, 0.15) is 24.2 Å². The molecule has 0 bridgehead atoms. The Hall–Kier alpha value is -2.69. The maximum absolute atomic E-state index is 10.0. The van der Waals surface area contributed by atoms with Gasteiger partial charge in [-0.25, -0.2) is 4.79 Å². The molecule has 1 atom stereocenters. The van der Waals surface area contributed by atoms with Crippen molar-refractivity contribution in [2.75, 3.05) is 6.61 Å². The Morgan fingerprint density at radius 1 is 0.905 bits per heavy atom. The van der Waals surface area contributed by atoms with Crippen LogP contribution in [0, 0.1) is 0 Å². The lowest BCUT2D eigenvalue weighted by Crippen LogP contribution is -2.01. The van der Waals surface area contributed by atoms with E-state index in [0.717, 1.165) is 0 Å². The van der Waals surface area contributed by atoms with E-state index >= 15 is 0 Å². The van der Waals surface area contributed by atoms with Gasteiger partial charge in [0.2, 0.25) is 0 Å². The zero-order valence-electron chi connectivity index (χ0n) is 11.7. The van der Waals surface area contributed by atoms with Gasteiger partial charge in [0, 0.05) is 0 Å². The van der Waals surface area contributed by atoms with Crippen molar-refractivity contribution in [3.63, 3.8) is 0 Å². The van der Waals surface area contributed by atoms with E-state index in [1.807, 2.05) is 12.1 Å². The van der Waals surface area contributed by atoms with Crippen LogP contribution in [0.4, 0.5) is 4.79 Å². The summed E-state index contributed by atoms with van der Waals surface area (Å²) in [4.78, 5) is 10.0. The topological polar surface area (TPSA) is 76.0 Å². The highest BCUT2D eigenvalue weighted by Gasteiger charge is 2.19. The first-order chi connectivity index (χ1) is 10.1. The van der Waals surface area contributed by atoms with Crippen molar-refractivity contribution in [2.24, 2.45) is 0 Å². The van der Waals surface area contributed by atoms with Gasteiger partial charge in [-0.05, 0) is 31.2 Å². The molecule has 0 aliphatic carbocycles. The van der Waals surface area contributed by atoms with Crippen LogP contribution in [0.3, 0.4) is 0 Å². The number of carbonyl (C=O) groups excluding carboxylic acids is 1. The maximum Gasteiger partial charge on any atom is 0.508 e. The second-order valence-corrected chi connectivity index (χ2v) is 4.16. The Morgan fingerprint density at radius 2 is 1.33 bits per heavy atom. The Kier molecular flexibility index (Phi) is 7.21. The Balaban J connectivity index is 0.000000157. The molecule has 5 nitrogen and oxygen atoms in total. The molecule has 21 heavy (non-hydrogen) atoms. The number of ether oxygens (including phenoxy) is 2. The van der Waals surface area contributed by atoms with Crippen LogP contribution in [0.1, 0.15) is 6.92 Å². The Labute approximate surface area is 123 Å². The monoisotopic (exact) mass is 290 g/mol. The van der Waals surface area contributed by atoms with Crippen LogP contribution in [0.5, 0.6) is 11.5 Å². The minimum atomic E-state index is -0.549. The van der Waals surface area contributed by atoms with Gasteiger partial charge in [-0.3, -0.25) is 0 Å². The lowest BCUT2D eigenvalue weighted by Gasteiger charge is -1.90. The number of phenolic OH excluding ortho intramolecular Hbond substituents is 2. The van der Waals surface area contributed by atoms with Crippen LogP contribution in [0.25, 0.3) is 0 Å². The van der Waals surface area contributed by atoms with Gasteiger partial charge < -0.3 is 19.7 Å². The molecule has 0 spiro atoms. The highest BCUT2D eigenvalue weighted by molar-refractivity contribution is 5.61. The van der Waals surface area contributed by atoms with E-state index in [4.69, 9.17) is 10.2 Å². The Morgan fingerprint density at radius 3 is 1.48 bits per heavy atom. The van der Waals surface area contributed by atoms with E-state index in [0.29, 0.717) is 18.1 Å². The van der Waals surface area contributed by atoms with E-state index in [-0.39, 0.29) is 6.10 Å². The number of carbonyl (C=O) groups is 1. The SMILES string of the molecule is CC1COC(=O)O1.Oc1ccccc1.Oc1ccccc1. The van der Waals surface area contributed by atoms with E-state index in [1.165, 1.54) is 0 Å². The number of aromatic hydroxyl groups is 2. The van der Waals surface area contributed by atoms with Gasteiger partial charge in [0.25, 0.3) is 0 Å². The highest BCUT2D eigenvalue weighted by Crippen LogP contribution is 2.04. The van der Waals surface area contributed by atoms with Crippen molar-refractivity contribution in [3.05, 3.63) is 60.7 Å². The second-order valence-electron chi connectivity index (χ2n) is 4.16. The number of rotatable bonds is 0. The van der Waals surface area contributed by atoms with Crippen molar-refractivity contribution in [3.8, 4) is 11.5 Å². The number of para-hydroxylation sites is 2. The van der Waals surface area contributed by atoms with Crippen LogP contribution < -0.4 is 0 Å². The predicted octanol–water partition coefficient (Wildman–Crippen LogP) is 3.33. The summed E-state index contributed by atoms with van der Waals surface area (Å²) >= 11 is 0. The van der Waals surface area contributed by atoms with Crippen LogP contribution in [0.15, 0.2) is 60.7 Å². The van der Waals surface area contributed by atoms with Crippen molar-refractivity contribution >= 4 is 6.16 Å². The number of hydrogen-bond donors (Lipinski definition) is 2. The molecule has 1 fully saturated rings. The third kappa shape index (κ3) is 8.15. The van der Waals surface area contributed by atoms with Gasteiger partial charge in [0.05, 0.1) is 0 Å². The first-order valence-corrected chi connectivity index (χ1v) is 6.39. The molecule has 1 aliphatic rings. The van der Waals surface area contributed by atoms with Crippen molar-refractivity contribution in [2.45, 2.75) is 13.0 Å². The molecule has 1 saturated heterocycles. The summed E-state index contributed by atoms with van der Waals surface area (Å²) < 4.78 is 8.90. The van der Waals surface area contributed by atoms with Crippen LogP contribution in [0.2, 0.25) is 0 Å². The second kappa shape index (κ2) is 9.25. The van der Waals surface area contributed by atoms with Gasteiger partial charge in [0.15, 0.2) is 0 Å². The summed E-state index contributed by atoms with van der Waals surface area (Å²) in [6.07, 6.45) is -0.597. The molecule has 2 aromatic rings. The average molecular weight is 290 g/mol. The molecule has 112 valence electrons. The molecule has 0 radical (unpaired) electrons. The van der Waals surface area contributed by atoms with Gasteiger partial charge in [-0.1, -0.05) is 36.4 Å². The van der Waals surface area contributed by atoms with E-state index < -0.39 is 6.16 Å². The summed E-state index contributed by atoms with van der Waals surface area (Å²) in [5, 5.41) is 17.3. The highest BCUT2D eigenvalue weighted by atomic mass is 16.8. The molecule has 5 heteroatoms. The van der Waals surface area contributed by atoms with Crippen molar-refractivity contribution < 1.29 is 24.5 Å². The van der Waals surface area contributed by atoms with E-state index in [1.54, 1.807) is 55.5 Å². The molecule has 0 saturated carbocycles. The minimum Gasteiger partial charge on any atom is -0.508 e. The third-order valence-corrected chi connectivity index (χ3v) is 2.25. The van der Waals surface area contributed by atoms with Crippen LogP contribution >= 0.6 is 0 Å². The van der Waals surface area contributed by atoms with Gasteiger partial charge in [-0.2, -0.15) is 0 Å². The summed E-state index contributed by atoms with van der Waals surface area (Å²) in [7, 11) is 0. The zero-order chi connectivity index (χ0) is 15.5. The minimum absolute atomic E-state index is 0.0486. The van der Waals surface area contributed by atoms with E-state index in [9.17, 15) is 4.79 Å². The molecular formula is C16H18O5. The fraction of sp³-hybridized carbons (Fsp3) is 0.188. The van der Waals surface area contributed by atoms with Crippen LogP contribution in [-0.4, -0.2) is 29.1 Å². The fourth-order valence-electron chi connectivity index (χ4n) is 1.27. The molecule has 1 aliphatic heterocycles. The number of benzene rings is 2. The molecule has 1 unspecified atom stereocenters. The number of hydrogen-bond acceptors (Lipinski definition) is 5. The summed E-state index contributed by atoms with van der Waals surface area (Å²) in [5.41, 5.74) is 0. The van der Waals surface area contributed by atoms with E-state index in [2.05, 4.69) is 9.47 Å². The largest absolute Gasteiger partial charge is 0.508 e. The van der Waals surface area contributed by atoms with Crippen molar-refractivity contribution in [1.29, 1.82) is 0 Å². The first kappa shape index (κ1) is 16.4. The summed E-state index contributed by atoms with van der Waals surface area (Å²) in [6.45, 7) is 2.18. The zero-order valence-corrected chi connectivity index (χ0v) is 11.7. The maximum atomic E-state index is 10.0. The van der Waals surface area contributed by atoms with Gasteiger partial charge in [-0.15, -0.1) is 0 Å². The molecule has 2 aromatic carbocycles. The predicted molar refractivity (Wildman–Crippen MR) is 78.1 cm³/mol. The molecule has 1 heterocycles. The third-order valence-electron chi connectivity index (χ3n) is 2.25. The molecule has 0 amide bonds. The van der Waals surface area contributed by atoms with Crippen molar-refractivity contribution in [1.82, 2.24) is 0 Å². The Bertz CT molecular complexity index is 475. The normalized spacial score (nSPS) is 15.5. The molecule has 3 rings (SSSR count). The molecular weight excluding hydrogens is 272 g/mol. The first-order valence-electron chi connectivity index (χ1n) is 6.39. The summed E-state index contributed by atoms with van der Waals surface area (Å²) in [5.74, 6) is 0.644. The average Bonchev–Trinajstić information content (AvgIpc) is 2.85. The standard InChI is InChI=1S/2C6H6O.C4H6O3/c2*7-6-4-2-1-3-5-6;1-3-2-6-4(5)7-3/h2*1-5,7H;3H,2H2,1H3. The number of phenols is 2. The smallest absolute Gasteiger partial charge is 0.508 e. The fourth-order valence-corrected chi connectivity index (χ4v) is 1.27. The lowest BCUT2D eigenvalue weighted by molar-refractivity contribution is 0.121.